The zero-order chi connectivity index (χ0) is 14.2. The van der Waals surface area contributed by atoms with E-state index in [9.17, 15) is 0 Å². The van der Waals surface area contributed by atoms with Crippen LogP contribution in [0, 0.1) is 5.41 Å². The second-order valence-electron chi connectivity index (χ2n) is 6.59. The van der Waals surface area contributed by atoms with Crippen molar-refractivity contribution in [2.45, 2.75) is 39.2 Å². The number of hydrogen-bond donors (Lipinski definition) is 1. The number of nitrogens with one attached hydrogen (secondary N) is 1. The number of aromatic nitrogens is 3. The molecule has 1 unspecified atom stereocenters. The van der Waals surface area contributed by atoms with Crippen molar-refractivity contribution in [2.75, 3.05) is 5.32 Å². The fourth-order valence-electron chi connectivity index (χ4n) is 3.06. The van der Waals surface area contributed by atoms with Crippen LogP contribution in [0.4, 0.5) is 5.69 Å². The number of anilines is 1. The summed E-state index contributed by atoms with van der Waals surface area (Å²) in [6.07, 6.45) is 5.54. The number of benzene rings is 1. The van der Waals surface area contributed by atoms with E-state index in [1.807, 2.05) is 11.6 Å². The van der Waals surface area contributed by atoms with E-state index in [1.165, 1.54) is 24.9 Å². The molecular formula is C16H22N4. The molecule has 1 saturated carbocycles. The summed E-state index contributed by atoms with van der Waals surface area (Å²) in [6, 6.07) is 9.08. The molecule has 0 radical (unpaired) electrons. The van der Waals surface area contributed by atoms with Gasteiger partial charge < -0.3 is 9.88 Å². The second kappa shape index (κ2) is 4.93. The molecule has 3 rings (SSSR count). The van der Waals surface area contributed by atoms with E-state index in [0.29, 0.717) is 11.5 Å². The summed E-state index contributed by atoms with van der Waals surface area (Å²) >= 11 is 0. The molecule has 2 aromatic rings. The van der Waals surface area contributed by atoms with Crippen molar-refractivity contribution in [3.8, 4) is 11.4 Å². The van der Waals surface area contributed by atoms with Gasteiger partial charge in [-0.2, -0.15) is 0 Å². The Balaban J connectivity index is 1.70. The van der Waals surface area contributed by atoms with Crippen molar-refractivity contribution in [2.24, 2.45) is 12.5 Å². The van der Waals surface area contributed by atoms with Gasteiger partial charge in [-0.25, -0.2) is 0 Å². The minimum atomic E-state index is 0.482. The topological polar surface area (TPSA) is 42.7 Å². The zero-order valence-electron chi connectivity index (χ0n) is 12.4. The minimum absolute atomic E-state index is 0.482. The quantitative estimate of drug-likeness (QED) is 0.928. The van der Waals surface area contributed by atoms with Crippen molar-refractivity contribution < 1.29 is 0 Å². The lowest BCUT2D eigenvalue weighted by atomic mass is 9.92. The Hall–Kier alpha value is -1.84. The minimum Gasteiger partial charge on any atom is -0.382 e. The van der Waals surface area contributed by atoms with Gasteiger partial charge in [0.15, 0.2) is 5.82 Å². The van der Waals surface area contributed by atoms with Gasteiger partial charge in [-0.05, 0) is 48.9 Å². The Labute approximate surface area is 120 Å². The molecule has 0 spiro atoms. The molecule has 0 aliphatic heterocycles. The van der Waals surface area contributed by atoms with Gasteiger partial charge in [0.05, 0.1) is 0 Å². The Kier molecular flexibility index (Phi) is 3.24. The van der Waals surface area contributed by atoms with Gasteiger partial charge in [-0.15, -0.1) is 10.2 Å². The molecule has 1 heterocycles. The first-order valence-electron chi connectivity index (χ1n) is 7.24. The average molecular weight is 270 g/mol. The maximum Gasteiger partial charge on any atom is 0.163 e. The fraction of sp³-hybridized carbons (Fsp3) is 0.500. The summed E-state index contributed by atoms with van der Waals surface area (Å²) in [5, 5.41) is 11.7. The third kappa shape index (κ3) is 2.69. The molecule has 0 bridgehead atoms. The number of aryl methyl sites for hydroxylation is 1. The third-order valence-corrected chi connectivity index (χ3v) is 4.19. The first kappa shape index (κ1) is 13.2. The van der Waals surface area contributed by atoms with E-state index in [2.05, 4.69) is 53.6 Å². The van der Waals surface area contributed by atoms with Crippen molar-refractivity contribution in [1.82, 2.24) is 14.8 Å². The van der Waals surface area contributed by atoms with Crippen LogP contribution in [0.2, 0.25) is 0 Å². The molecule has 1 fully saturated rings. The smallest absolute Gasteiger partial charge is 0.163 e. The Bertz CT molecular complexity index is 583. The molecule has 4 nitrogen and oxygen atoms in total. The van der Waals surface area contributed by atoms with Gasteiger partial charge in [0.25, 0.3) is 0 Å². The predicted octanol–water partition coefficient (Wildman–Crippen LogP) is 3.47. The fourth-order valence-corrected chi connectivity index (χ4v) is 3.06. The highest BCUT2D eigenvalue weighted by Crippen LogP contribution is 2.38. The highest BCUT2D eigenvalue weighted by atomic mass is 15.2. The van der Waals surface area contributed by atoms with Crippen LogP contribution >= 0.6 is 0 Å². The summed E-state index contributed by atoms with van der Waals surface area (Å²) in [5.41, 5.74) is 2.77. The van der Waals surface area contributed by atoms with E-state index in [0.717, 1.165) is 11.4 Å². The molecule has 0 saturated heterocycles. The zero-order valence-corrected chi connectivity index (χ0v) is 12.4. The lowest BCUT2D eigenvalue weighted by Gasteiger charge is -2.18. The first-order chi connectivity index (χ1) is 9.53. The first-order valence-corrected chi connectivity index (χ1v) is 7.24. The Morgan fingerprint density at radius 3 is 2.55 bits per heavy atom. The van der Waals surface area contributed by atoms with Crippen molar-refractivity contribution in [1.29, 1.82) is 0 Å². The van der Waals surface area contributed by atoms with E-state index in [1.54, 1.807) is 6.33 Å². The monoisotopic (exact) mass is 270 g/mol. The Morgan fingerprint density at radius 2 is 2.00 bits per heavy atom. The lowest BCUT2D eigenvalue weighted by Crippen LogP contribution is -2.17. The molecule has 106 valence electrons. The van der Waals surface area contributed by atoms with Gasteiger partial charge in [-0.1, -0.05) is 13.8 Å². The van der Waals surface area contributed by atoms with Gasteiger partial charge >= 0.3 is 0 Å². The van der Waals surface area contributed by atoms with E-state index >= 15 is 0 Å². The predicted molar refractivity (Wildman–Crippen MR) is 81.5 cm³/mol. The van der Waals surface area contributed by atoms with Crippen LogP contribution in [0.25, 0.3) is 11.4 Å². The molecule has 4 heteroatoms. The molecule has 1 aromatic heterocycles. The van der Waals surface area contributed by atoms with Crippen LogP contribution in [-0.4, -0.2) is 20.8 Å². The third-order valence-electron chi connectivity index (χ3n) is 4.19. The van der Waals surface area contributed by atoms with Gasteiger partial charge in [-0.3, -0.25) is 0 Å². The van der Waals surface area contributed by atoms with E-state index < -0.39 is 0 Å². The summed E-state index contributed by atoms with van der Waals surface area (Å²) in [6.45, 7) is 4.71. The molecular weight excluding hydrogens is 248 g/mol. The number of nitrogens with zero attached hydrogens (tertiary/aromatic N) is 3. The second-order valence-corrected chi connectivity index (χ2v) is 6.59. The molecule has 1 aliphatic carbocycles. The average Bonchev–Trinajstić information content (AvgIpc) is 2.97. The molecule has 0 amide bonds. The SMILES string of the molecule is Cn1cnnc1-c1ccc(NC2CCC(C)(C)C2)cc1. The van der Waals surface area contributed by atoms with Gasteiger partial charge in [0.1, 0.15) is 6.33 Å². The highest BCUT2D eigenvalue weighted by molar-refractivity contribution is 5.60. The van der Waals surface area contributed by atoms with E-state index in [-0.39, 0.29) is 0 Å². The van der Waals surface area contributed by atoms with Crippen molar-refractivity contribution in [3.63, 3.8) is 0 Å². The number of hydrogen-bond acceptors (Lipinski definition) is 3. The van der Waals surface area contributed by atoms with E-state index in [4.69, 9.17) is 0 Å². The standard InChI is InChI=1S/C16H22N4/c1-16(2)9-8-14(10-16)18-13-6-4-12(5-7-13)15-19-17-11-20(15)3/h4-7,11,14,18H,8-10H2,1-3H3. The van der Waals surface area contributed by atoms with Gasteiger partial charge in [0, 0.05) is 24.3 Å². The molecule has 20 heavy (non-hydrogen) atoms. The normalized spacial score (nSPS) is 21.1. The summed E-state index contributed by atoms with van der Waals surface area (Å²) in [7, 11) is 1.96. The largest absolute Gasteiger partial charge is 0.382 e. The van der Waals surface area contributed by atoms with Gasteiger partial charge in [0.2, 0.25) is 0 Å². The molecule has 1 aliphatic rings. The summed E-state index contributed by atoms with van der Waals surface area (Å²) < 4.78 is 1.93. The van der Waals surface area contributed by atoms with Crippen LogP contribution in [-0.2, 0) is 7.05 Å². The molecule has 1 atom stereocenters. The van der Waals surface area contributed by atoms with Crippen LogP contribution in [0.1, 0.15) is 33.1 Å². The number of rotatable bonds is 3. The van der Waals surface area contributed by atoms with Crippen LogP contribution in [0.5, 0.6) is 0 Å². The summed E-state index contributed by atoms with van der Waals surface area (Å²) in [4.78, 5) is 0. The molecule has 1 N–H and O–H groups in total. The molecule has 1 aromatic carbocycles. The Morgan fingerprint density at radius 1 is 1.25 bits per heavy atom. The van der Waals surface area contributed by atoms with Crippen LogP contribution in [0.15, 0.2) is 30.6 Å². The highest BCUT2D eigenvalue weighted by Gasteiger charge is 2.30. The maximum atomic E-state index is 4.13. The lowest BCUT2D eigenvalue weighted by molar-refractivity contribution is 0.378. The van der Waals surface area contributed by atoms with Crippen molar-refractivity contribution >= 4 is 5.69 Å². The van der Waals surface area contributed by atoms with Crippen molar-refractivity contribution in [3.05, 3.63) is 30.6 Å². The summed E-state index contributed by atoms with van der Waals surface area (Å²) in [5.74, 6) is 0.901. The van der Waals surface area contributed by atoms with Crippen LogP contribution in [0.3, 0.4) is 0 Å². The van der Waals surface area contributed by atoms with Crippen LogP contribution < -0.4 is 5.32 Å². The maximum absolute atomic E-state index is 4.13.